The summed E-state index contributed by atoms with van der Waals surface area (Å²) in [6.45, 7) is 0.547. The largest absolute Gasteiger partial charge is 0.495 e. The highest BCUT2D eigenvalue weighted by atomic mass is 35.5. The molecule has 9 heteroatoms. The number of halogens is 1. The smallest absolute Gasteiger partial charge is 0.349 e. The maximum atomic E-state index is 12.8. The minimum atomic E-state index is -0.256. The fraction of sp³-hybridized carbons (Fsp3) is 0.318. The topological polar surface area (TPSA) is 73.2 Å². The van der Waals surface area contributed by atoms with Crippen LogP contribution in [0.2, 0.25) is 5.02 Å². The first-order valence-electron chi connectivity index (χ1n) is 9.96. The molecule has 0 bridgehead atoms. The number of aromatic nitrogens is 2. The van der Waals surface area contributed by atoms with Crippen molar-refractivity contribution in [2.75, 3.05) is 18.2 Å². The molecule has 0 radical (unpaired) electrons. The Hall–Kier alpha value is -2.29. The number of hydrogen-bond acceptors (Lipinski definition) is 6. The van der Waals surface area contributed by atoms with E-state index in [-0.39, 0.29) is 17.3 Å². The summed E-state index contributed by atoms with van der Waals surface area (Å²) in [4.78, 5) is 30.8. The summed E-state index contributed by atoms with van der Waals surface area (Å²) in [5, 5.41) is 6.01. The Morgan fingerprint density at radius 3 is 2.94 bits per heavy atom. The number of ether oxygens (including phenoxy) is 1. The lowest BCUT2D eigenvalue weighted by Crippen LogP contribution is -2.30. The summed E-state index contributed by atoms with van der Waals surface area (Å²) >= 11 is 8.97. The van der Waals surface area contributed by atoms with Crippen LogP contribution in [-0.2, 0) is 24.2 Å². The third kappa shape index (κ3) is 5.14. The molecule has 1 amide bonds. The number of benzene rings is 1. The second kappa shape index (κ2) is 9.89. The zero-order valence-corrected chi connectivity index (χ0v) is 19.4. The molecule has 4 rings (SSSR count). The average Bonchev–Trinajstić information content (AvgIpc) is 3.28. The lowest BCUT2D eigenvalue weighted by Gasteiger charge is -2.22. The lowest BCUT2D eigenvalue weighted by molar-refractivity contribution is -0.113. The zero-order chi connectivity index (χ0) is 21.8. The van der Waals surface area contributed by atoms with Crippen molar-refractivity contribution in [3.63, 3.8) is 0 Å². The number of rotatable bonds is 7. The van der Waals surface area contributed by atoms with Gasteiger partial charge in [0, 0.05) is 21.2 Å². The Bertz CT molecular complexity index is 1150. The van der Waals surface area contributed by atoms with Gasteiger partial charge in [-0.1, -0.05) is 29.4 Å². The molecule has 0 aliphatic heterocycles. The van der Waals surface area contributed by atoms with Crippen molar-refractivity contribution in [3.05, 3.63) is 67.4 Å². The Balaban J connectivity index is 1.52. The summed E-state index contributed by atoms with van der Waals surface area (Å²) in [6.07, 6.45) is 3.85. The van der Waals surface area contributed by atoms with Crippen LogP contribution >= 0.6 is 34.7 Å². The number of thiophene rings is 1. The molecule has 3 aromatic rings. The first kappa shape index (κ1) is 21.9. The summed E-state index contributed by atoms with van der Waals surface area (Å²) in [5.74, 6) is 0.470. The van der Waals surface area contributed by atoms with E-state index in [9.17, 15) is 9.59 Å². The van der Waals surface area contributed by atoms with Crippen molar-refractivity contribution in [1.82, 2.24) is 9.55 Å². The molecule has 0 unspecified atom stereocenters. The number of hydrogen-bond donors (Lipinski definition) is 1. The number of anilines is 1. The molecule has 0 fully saturated rings. The fourth-order valence-electron chi connectivity index (χ4n) is 3.69. The maximum Gasteiger partial charge on any atom is 0.349 e. The predicted octanol–water partition coefficient (Wildman–Crippen LogP) is 4.62. The Labute approximate surface area is 193 Å². The molecule has 2 heterocycles. The summed E-state index contributed by atoms with van der Waals surface area (Å²) < 4.78 is 7.07. The highest BCUT2D eigenvalue weighted by molar-refractivity contribution is 8.00. The van der Waals surface area contributed by atoms with Gasteiger partial charge in [-0.15, -0.1) is 11.3 Å². The van der Waals surface area contributed by atoms with Crippen molar-refractivity contribution in [3.8, 4) is 5.75 Å². The van der Waals surface area contributed by atoms with Gasteiger partial charge in [0.1, 0.15) is 10.8 Å². The normalized spacial score (nSPS) is 13.0. The SMILES string of the molecule is COc1ccc(Cl)cc1NC(=O)CSc1nc(=O)n(Cc2cccs2)c2c1CCCC2. The molecule has 1 aliphatic carbocycles. The van der Waals surface area contributed by atoms with Gasteiger partial charge in [0.15, 0.2) is 0 Å². The molecule has 162 valence electrons. The molecule has 1 aromatic carbocycles. The van der Waals surface area contributed by atoms with Gasteiger partial charge in [0.2, 0.25) is 5.91 Å². The Kier molecular flexibility index (Phi) is 6.99. The van der Waals surface area contributed by atoms with Crippen molar-refractivity contribution in [1.29, 1.82) is 0 Å². The van der Waals surface area contributed by atoms with Crippen LogP contribution in [0, 0.1) is 0 Å². The molecule has 31 heavy (non-hydrogen) atoms. The number of nitrogens with one attached hydrogen (secondary N) is 1. The highest BCUT2D eigenvalue weighted by Gasteiger charge is 2.21. The van der Waals surface area contributed by atoms with Gasteiger partial charge in [-0.2, -0.15) is 4.98 Å². The van der Waals surface area contributed by atoms with Crippen molar-refractivity contribution < 1.29 is 9.53 Å². The van der Waals surface area contributed by atoms with Gasteiger partial charge in [0.25, 0.3) is 0 Å². The standard InChI is InChI=1S/C22H22ClN3O3S2/c1-29-19-9-8-14(23)11-17(19)24-20(27)13-31-21-16-6-2-3-7-18(16)26(22(28)25-21)12-15-5-4-10-30-15/h4-5,8-11H,2-3,6-7,12-13H2,1H3,(H,24,27). The second-order valence-electron chi connectivity index (χ2n) is 7.18. The van der Waals surface area contributed by atoms with E-state index >= 15 is 0 Å². The molecule has 1 aliphatic rings. The molecule has 0 atom stereocenters. The number of carbonyl (C=O) groups excluding carboxylic acids is 1. The van der Waals surface area contributed by atoms with E-state index in [0.29, 0.717) is 28.0 Å². The summed E-state index contributed by atoms with van der Waals surface area (Å²) in [5.41, 5.74) is 2.41. The summed E-state index contributed by atoms with van der Waals surface area (Å²) in [6, 6.07) is 9.07. The fourth-order valence-corrected chi connectivity index (χ4v) is 5.43. The molecular weight excluding hydrogens is 454 g/mol. The van der Waals surface area contributed by atoms with Gasteiger partial charge in [0.05, 0.1) is 25.1 Å². The molecular formula is C22H22ClN3O3S2. The van der Waals surface area contributed by atoms with E-state index in [2.05, 4.69) is 10.3 Å². The molecule has 2 aromatic heterocycles. The predicted molar refractivity (Wildman–Crippen MR) is 126 cm³/mol. The van der Waals surface area contributed by atoms with Crippen LogP contribution in [0.3, 0.4) is 0 Å². The monoisotopic (exact) mass is 475 g/mol. The number of carbonyl (C=O) groups is 1. The number of amides is 1. The minimum Gasteiger partial charge on any atom is -0.495 e. The van der Waals surface area contributed by atoms with E-state index in [1.807, 2.05) is 17.5 Å². The van der Waals surface area contributed by atoms with Gasteiger partial charge < -0.3 is 10.1 Å². The van der Waals surface area contributed by atoms with Crippen LogP contribution in [0.15, 0.2) is 45.5 Å². The van der Waals surface area contributed by atoms with E-state index in [1.165, 1.54) is 18.9 Å². The molecule has 0 spiro atoms. The number of thioether (sulfide) groups is 1. The number of fused-ring (bicyclic) bond motifs is 1. The summed E-state index contributed by atoms with van der Waals surface area (Å²) in [7, 11) is 1.54. The van der Waals surface area contributed by atoms with Crippen molar-refractivity contribution in [2.45, 2.75) is 37.3 Å². The van der Waals surface area contributed by atoms with Gasteiger partial charge in [-0.05, 0) is 55.3 Å². The van der Waals surface area contributed by atoms with Gasteiger partial charge in [-0.3, -0.25) is 9.36 Å². The quantitative estimate of drug-likeness (QED) is 0.398. The average molecular weight is 476 g/mol. The number of methoxy groups -OCH3 is 1. The Morgan fingerprint density at radius 1 is 1.32 bits per heavy atom. The van der Waals surface area contributed by atoms with Crippen LogP contribution in [0.25, 0.3) is 0 Å². The molecule has 0 saturated carbocycles. The van der Waals surface area contributed by atoms with E-state index in [1.54, 1.807) is 34.1 Å². The van der Waals surface area contributed by atoms with Crippen LogP contribution in [0.4, 0.5) is 5.69 Å². The zero-order valence-electron chi connectivity index (χ0n) is 17.0. The van der Waals surface area contributed by atoms with E-state index < -0.39 is 0 Å². The van der Waals surface area contributed by atoms with Crippen molar-refractivity contribution >= 4 is 46.3 Å². The molecule has 6 nitrogen and oxygen atoms in total. The highest BCUT2D eigenvalue weighted by Crippen LogP contribution is 2.30. The van der Waals surface area contributed by atoms with E-state index in [0.717, 1.165) is 41.8 Å². The minimum absolute atomic E-state index is 0.142. The third-order valence-corrected chi connectivity index (χ3v) is 7.23. The first-order chi connectivity index (χ1) is 15.0. The Morgan fingerprint density at radius 2 is 2.16 bits per heavy atom. The second-order valence-corrected chi connectivity index (χ2v) is 9.61. The van der Waals surface area contributed by atoms with Crippen LogP contribution in [-0.4, -0.2) is 28.3 Å². The number of nitrogens with zero attached hydrogens (tertiary/aromatic N) is 2. The van der Waals surface area contributed by atoms with Crippen LogP contribution < -0.4 is 15.7 Å². The van der Waals surface area contributed by atoms with Gasteiger partial charge in [-0.25, -0.2) is 4.79 Å². The van der Waals surface area contributed by atoms with Crippen LogP contribution in [0.1, 0.15) is 29.0 Å². The van der Waals surface area contributed by atoms with E-state index in [4.69, 9.17) is 16.3 Å². The lowest BCUT2D eigenvalue weighted by atomic mass is 9.97. The molecule has 0 saturated heterocycles. The third-order valence-electron chi connectivity index (χ3n) is 5.12. The van der Waals surface area contributed by atoms with Gasteiger partial charge >= 0.3 is 5.69 Å². The first-order valence-corrected chi connectivity index (χ1v) is 12.2. The van der Waals surface area contributed by atoms with Crippen molar-refractivity contribution in [2.24, 2.45) is 0 Å². The maximum absolute atomic E-state index is 12.8. The van der Waals surface area contributed by atoms with Crippen LogP contribution in [0.5, 0.6) is 5.75 Å². The molecule has 1 N–H and O–H groups in total.